The van der Waals surface area contributed by atoms with E-state index in [0.717, 1.165) is 9.72 Å². The molecule has 1 N–H and O–H groups in total. The molecule has 0 atom stereocenters. The first-order valence-corrected chi connectivity index (χ1v) is 9.27. The summed E-state index contributed by atoms with van der Waals surface area (Å²) in [4.78, 5) is 7.49. The van der Waals surface area contributed by atoms with Crippen molar-refractivity contribution in [3.63, 3.8) is 0 Å². The zero-order valence-corrected chi connectivity index (χ0v) is 18.4. The summed E-state index contributed by atoms with van der Waals surface area (Å²) in [7, 11) is 0. The van der Waals surface area contributed by atoms with Crippen LogP contribution in [0.2, 0.25) is 0 Å². The molecule has 1 heterocycles. The van der Waals surface area contributed by atoms with Crippen molar-refractivity contribution in [1.82, 2.24) is 4.98 Å². The monoisotopic (exact) mass is 452 g/mol. The van der Waals surface area contributed by atoms with Crippen LogP contribution in [0, 0.1) is 13.8 Å². The molecule has 0 aliphatic rings. The molecule has 120 valence electrons. The zero-order chi connectivity index (χ0) is 17.1. The van der Waals surface area contributed by atoms with Crippen molar-refractivity contribution in [3.05, 3.63) is 23.0 Å². The molecular weight excluding hydrogens is 416 g/mol. The number of aryl methyl sites for hydroxylation is 2. The number of nitrogens with one attached hydrogen (secondary N) is 1. The molecule has 2 nitrogen and oxygen atoms in total. The third kappa shape index (κ3) is 17.5. The van der Waals surface area contributed by atoms with E-state index in [-0.39, 0.29) is 0 Å². The van der Waals surface area contributed by atoms with Crippen molar-refractivity contribution in [2.45, 2.75) is 76.2 Å². The van der Waals surface area contributed by atoms with E-state index in [1.807, 2.05) is 68.5 Å². The Hall–Kier alpha value is -0.492. The van der Waals surface area contributed by atoms with Crippen LogP contribution in [0.15, 0.2) is 11.1 Å². The van der Waals surface area contributed by atoms with Crippen LogP contribution in [0.4, 0.5) is 0 Å². The molecule has 1 aromatic rings. The van der Waals surface area contributed by atoms with Gasteiger partial charge < -0.3 is 0 Å². The molecule has 0 spiro atoms. The molecule has 0 saturated carbocycles. The summed E-state index contributed by atoms with van der Waals surface area (Å²) in [6.07, 6.45) is 1.88. The molecule has 0 aromatic carbocycles. The number of rotatable bonds is 2. The van der Waals surface area contributed by atoms with E-state index in [9.17, 15) is 0 Å². The summed E-state index contributed by atoms with van der Waals surface area (Å²) < 4.78 is 1.15. The van der Waals surface area contributed by atoms with Gasteiger partial charge in [0.15, 0.2) is 0 Å². The van der Waals surface area contributed by atoms with Crippen LogP contribution in [0.3, 0.4) is 0 Å². The van der Waals surface area contributed by atoms with E-state index in [2.05, 4.69) is 29.9 Å². The third-order valence-corrected chi connectivity index (χ3v) is 2.06. The van der Waals surface area contributed by atoms with Gasteiger partial charge in [0.25, 0.3) is 0 Å². The molecule has 3 heteroatoms. The van der Waals surface area contributed by atoms with Gasteiger partial charge in [0, 0.05) is 0 Å². The SMILES string of the molecule is CC.CC.CC.CC.C[C](=[W])N=Cc1cc(C)c(C)[nH]1. The van der Waals surface area contributed by atoms with E-state index >= 15 is 0 Å². The second-order valence-corrected chi connectivity index (χ2v) is 4.93. The van der Waals surface area contributed by atoms with Gasteiger partial charge in [-0.2, -0.15) is 0 Å². The second kappa shape index (κ2) is 23.6. The zero-order valence-electron chi connectivity index (χ0n) is 15.5. The molecular formula is C17H36N2W. The standard InChI is InChI=1S/C9H12N2.4C2H6.W/c1-4-10-6-9-5-7(2)8(3)11-9;4*1-2;/h5-6,11H,1-3H3;4*1-2H3;. The Morgan fingerprint density at radius 2 is 1.40 bits per heavy atom. The Morgan fingerprint density at radius 1 is 1.00 bits per heavy atom. The van der Waals surface area contributed by atoms with Crippen LogP contribution in [0.25, 0.3) is 0 Å². The van der Waals surface area contributed by atoms with Crippen molar-refractivity contribution in [2.24, 2.45) is 4.99 Å². The fraction of sp³-hybridized carbons (Fsp3) is 0.647. The van der Waals surface area contributed by atoms with Gasteiger partial charge >= 0.3 is 83.4 Å². The van der Waals surface area contributed by atoms with Gasteiger partial charge in [0.05, 0.1) is 0 Å². The molecule has 0 amide bonds. The number of aliphatic imine (C=N–C) groups is 1. The van der Waals surface area contributed by atoms with Gasteiger partial charge in [0.2, 0.25) is 0 Å². The summed E-state index contributed by atoms with van der Waals surface area (Å²) in [5, 5.41) is 0. The first kappa shape index (κ1) is 27.8. The molecule has 1 rings (SSSR count). The van der Waals surface area contributed by atoms with Crippen molar-refractivity contribution >= 4 is 10.2 Å². The molecule has 0 bridgehead atoms. The number of hydrogen-bond donors (Lipinski definition) is 1. The van der Waals surface area contributed by atoms with Gasteiger partial charge in [-0.1, -0.05) is 55.4 Å². The Labute approximate surface area is 138 Å². The van der Waals surface area contributed by atoms with E-state index in [1.54, 1.807) is 0 Å². The summed E-state index contributed by atoms with van der Waals surface area (Å²) in [5.41, 5.74) is 3.60. The Bertz CT molecular complexity index is 306. The van der Waals surface area contributed by atoms with E-state index in [0.29, 0.717) is 0 Å². The number of aromatic amines is 1. The van der Waals surface area contributed by atoms with Crippen molar-refractivity contribution in [2.75, 3.05) is 0 Å². The average molecular weight is 452 g/mol. The van der Waals surface area contributed by atoms with Crippen molar-refractivity contribution < 1.29 is 19.4 Å². The molecule has 20 heavy (non-hydrogen) atoms. The average Bonchev–Trinajstić information content (AvgIpc) is 2.84. The molecule has 0 saturated heterocycles. The third-order valence-electron chi connectivity index (χ3n) is 1.68. The van der Waals surface area contributed by atoms with Gasteiger partial charge in [0.1, 0.15) is 0 Å². The first-order valence-electron chi connectivity index (χ1n) is 7.80. The normalized spacial score (nSPS) is 7.75. The maximum atomic E-state index is 4.25. The van der Waals surface area contributed by atoms with Crippen LogP contribution < -0.4 is 0 Å². The summed E-state index contributed by atoms with van der Waals surface area (Å²) >= 11 is 1.42. The summed E-state index contributed by atoms with van der Waals surface area (Å²) in [6.45, 7) is 22.2. The Balaban J connectivity index is -0.000000138. The van der Waals surface area contributed by atoms with Crippen LogP contribution in [-0.2, 0) is 19.4 Å². The molecule has 0 fully saturated rings. The number of nitrogens with zero attached hydrogens (tertiary/aromatic N) is 1. The number of H-pyrrole nitrogens is 1. The molecule has 0 radical (unpaired) electrons. The minimum atomic E-state index is 1.09. The van der Waals surface area contributed by atoms with Gasteiger partial charge in [-0.3, -0.25) is 0 Å². The predicted molar refractivity (Wildman–Crippen MR) is 93.9 cm³/mol. The first-order chi connectivity index (χ1) is 9.59. The number of aromatic nitrogens is 1. The van der Waals surface area contributed by atoms with E-state index in [4.69, 9.17) is 0 Å². The van der Waals surface area contributed by atoms with E-state index in [1.165, 1.54) is 30.6 Å². The van der Waals surface area contributed by atoms with Crippen LogP contribution >= 0.6 is 0 Å². The minimum absolute atomic E-state index is 1.09. The van der Waals surface area contributed by atoms with Crippen LogP contribution in [0.1, 0.15) is 79.3 Å². The molecule has 0 unspecified atom stereocenters. The second-order valence-electron chi connectivity index (χ2n) is 2.81. The molecule has 0 aliphatic heterocycles. The molecule has 1 aromatic heterocycles. The fourth-order valence-electron chi connectivity index (χ4n) is 0.923. The van der Waals surface area contributed by atoms with Gasteiger partial charge in [-0.05, 0) is 0 Å². The summed E-state index contributed by atoms with van der Waals surface area (Å²) in [5.74, 6) is 0. The predicted octanol–water partition coefficient (Wildman–Crippen LogP) is 5.85. The quantitative estimate of drug-likeness (QED) is 0.546. The van der Waals surface area contributed by atoms with Crippen LogP contribution in [0.5, 0.6) is 0 Å². The van der Waals surface area contributed by atoms with E-state index < -0.39 is 0 Å². The van der Waals surface area contributed by atoms with Crippen molar-refractivity contribution in [1.29, 1.82) is 0 Å². The van der Waals surface area contributed by atoms with Crippen molar-refractivity contribution in [3.8, 4) is 0 Å². The van der Waals surface area contributed by atoms with Gasteiger partial charge in [-0.25, -0.2) is 0 Å². The van der Waals surface area contributed by atoms with Crippen LogP contribution in [-0.4, -0.2) is 15.2 Å². The van der Waals surface area contributed by atoms with Gasteiger partial charge in [-0.15, -0.1) is 0 Å². The fourth-order valence-corrected chi connectivity index (χ4v) is 1.11. The topological polar surface area (TPSA) is 28.1 Å². The summed E-state index contributed by atoms with van der Waals surface area (Å²) in [6, 6.07) is 2.11. The maximum absolute atomic E-state index is 4.25. The Kier molecular flexibility index (Phi) is 32.8. The molecule has 0 aliphatic carbocycles. The Morgan fingerprint density at radius 3 is 1.65 bits per heavy atom. The number of hydrogen-bond acceptors (Lipinski definition) is 1.